The second-order valence-electron chi connectivity index (χ2n) is 3.67. The van der Waals surface area contributed by atoms with E-state index in [9.17, 15) is 9.59 Å². The van der Waals surface area contributed by atoms with Crippen LogP contribution >= 0.6 is 23.4 Å². The molecule has 0 saturated heterocycles. The third kappa shape index (κ3) is 3.39. The molecule has 100 valence electrons. The van der Waals surface area contributed by atoms with Gasteiger partial charge in [0.2, 0.25) is 0 Å². The predicted molar refractivity (Wildman–Crippen MR) is 71.8 cm³/mol. The molecule has 0 aliphatic carbocycles. The molecule has 1 aromatic heterocycles. The van der Waals surface area contributed by atoms with E-state index >= 15 is 0 Å². The van der Waals surface area contributed by atoms with E-state index in [1.54, 1.807) is 18.2 Å². The number of thioether (sulfide) groups is 1. The van der Waals surface area contributed by atoms with E-state index in [-0.39, 0.29) is 12.3 Å². The van der Waals surface area contributed by atoms with Crippen molar-refractivity contribution in [2.24, 2.45) is 0 Å². The number of carboxylic acid groups (broad SMARTS) is 1. The van der Waals surface area contributed by atoms with Gasteiger partial charge in [-0.05, 0) is 11.6 Å². The molecule has 2 N–H and O–H groups in total. The molecule has 2 aromatic rings. The monoisotopic (exact) mass is 299 g/mol. The minimum absolute atomic E-state index is 0.160. The minimum Gasteiger partial charge on any atom is -0.481 e. The fourth-order valence-corrected chi connectivity index (χ4v) is 2.34. The number of hydrogen-bond acceptors (Lipinski definition) is 4. The van der Waals surface area contributed by atoms with E-state index in [1.807, 2.05) is 6.07 Å². The summed E-state index contributed by atoms with van der Waals surface area (Å²) in [6, 6.07) is 7.14. The van der Waals surface area contributed by atoms with Crippen molar-refractivity contribution in [1.29, 1.82) is 0 Å². The van der Waals surface area contributed by atoms with E-state index in [2.05, 4.69) is 10.2 Å². The van der Waals surface area contributed by atoms with Crippen LogP contribution in [0.5, 0.6) is 0 Å². The Morgan fingerprint density at radius 1 is 1.47 bits per heavy atom. The van der Waals surface area contributed by atoms with Gasteiger partial charge in [-0.25, -0.2) is 9.89 Å². The van der Waals surface area contributed by atoms with E-state index in [4.69, 9.17) is 16.7 Å². The smallest absolute Gasteiger partial charge is 0.344 e. The largest absolute Gasteiger partial charge is 0.481 e. The van der Waals surface area contributed by atoms with Crippen LogP contribution in [0.25, 0.3) is 0 Å². The summed E-state index contributed by atoms with van der Waals surface area (Å²) < 4.78 is 1.36. The zero-order chi connectivity index (χ0) is 13.8. The van der Waals surface area contributed by atoms with Gasteiger partial charge < -0.3 is 5.11 Å². The molecule has 2 rings (SSSR count). The summed E-state index contributed by atoms with van der Waals surface area (Å²) in [5, 5.41) is 15.6. The molecular weight excluding hydrogens is 290 g/mol. The summed E-state index contributed by atoms with van der Waals surface area (Å²) in [7, 11) is 0. The Morgan fingerprint density at radius 3 is 2.89 bits per heavy atom. The lowest BCUT2D eigenvalue weighted by molar-refractivity contribution is -0.133. The third-order valence-corrected chi connectivity index (χ3v) is 3.66. The number of halogens is 1. The molecular formula is C11H10ClN3O3S. The van der Waals surface area contributed by atoms with Crippen molar-refractivity contribution in [3.63, 3.8) is 0 Å². The van der Waals surface area contributed by atoms with Crippen molar-refractivity contribution in [2.75, 3.05) is 5.75 Å². The molecule has 0 saturated carbocycles. The number of benzene rings is 1. The number of H-pyrrole nitrogens is 1. The lowest BCUT2D eigenvalue weighted by Gasteiger charge is -2.06. The highest BCUT2D eigenvalue weighted by molar-refractivity contribution is 7.99. The van der Waals surface area contributed by atoms with Gasteiger partial charge in [0.25, 0.3) is 0 Å². The number of rotatable bonds is 5. The molecule has 8 heteroatoms. The van der Waals surface area contributed by atoms with Gasteiger partial charge in [0.1, 0.15) is 0 Å². The van der Waals surface area contributed by atoms with Crippen LogP contribution in [-0.4, -0.2) is 31.6 Å². The first-order valence-electron chi connectivity index (χ1n) is 5.31. The molecule has 0 radical (unpaired) electrons. The summed E-state index contributed by atoms with van der Waals surface area (Å²) in [5.41, 5.74) is 0.373. The highest BCUT2D eigenvalue weighted by atomic mass is 35.5. The Balaban J connectivity index is 2.25. The van der Waals surface area contributed by atoms with E-state index in [0.29, 0.717) is 10.2 Å². The van der Waals surface area contributed by atoms with Crippen LogP contribution in [-0.2, 0) is 11.3 Å². The minimum atomic E-state index is -0.968. The highest BCUT2D eigenvalue weighted by Gasteiger charge is 2.12. The van der Waals surface area contributed by atoms with Gasteiger partial charge in [-0.1, -0.05) is 41.6 Å². The zero-order valence-electron chi connectivity index (χ0n) is 9.67. The number of carbonyl (C=O) groups is 1. The van der Waals surface area contributed by atoms with Crippen molar-refractivity contribution in [2.45, 2.75) is 11.7 Å². The molecule has 1 heterocycles. The van der Waals surface area contributed by atoms with Crippen LogP contribution in [0.3, 0.4) is 0 Å². The van der Waals surface area contributed by atoms with Crippen LogP contribution in [0.15, 0.2) is 34.2 Å². The first-order valence-corrected chi connectivity index (χ1v) is 6.67. The number of nitrogens with zero attached hydrogens (tertiary/aromatic N) is 2. The molecule has 0 bridgehead atoms. The van der Waals surface area contributed by atoms with Crippen LogP contribution in [0.1, 0.15) is 5.56 Å². The Labute approximate surface area is 117 Å². The summed E-state index contributed by atoms with van der Waals surface area (Å²) in [6.45, 7) is 0.247. The Kier molecular flexibility index (Phi) is 4.28. The number of aromatic amines is 1. The lowest BCUT2D eigenvalue weighted by Crippen LogP contribution is -2.18. The second kappa shape index (κ2) is 5.94. The van der Waals surface area contributed by atoms with Gasteiger partial charge >= 0.3 is 11.7 Å². The number of aliphatic carboxylic acids is 1. The van der Waals surface area contributed by atoms with E-state index in [1.165, 1.54) is 4.57 Å². The van der Waals surface area contributed by atoms with Crippen LogP contribution < -0.4 is 5.69 Å². The first-order chi connectivity index (χ1) is 9.08. The van der Waals surface area contributed by atoms with Crippen LogP contribution in [0, 0.1) is 0 Å². The van der Waals surface area contributed by atoms with Crippen molar-refractivity contribution in [3.8, 4) is 0 Å². The second-order valence-corrected chi connectivity index (χ2v) is 5.02. The molecule has 6 nitrogen and oxygen atoms in total. The first kappa shape index (κ1) is 13.7. The Bertz CT molecular complexity index is 653. The maximum absolute atomic E-state index is 11.6. The van der Waals surface area contributed by atoms with Crippen molar-refractivity contribution in [1.82, 2.24) is 14.8 Å². The molecule has 0 aliphatic heterocycles. The van der Waals surface area contributed by atoms with Crippen molar-refractivity contribution < 1.29 is 9.90 Å². The summed E-state index contributed by atoms with van der Waals surface area (Å²) >= 11 is 7.01. The standard InChI is InChI=1S/C11H10ClN3O3S/c12-8-4-2-1-3-7(8)5-15-10(18)13-14-11(15)19-6-9(16)17/h1-4H,5-6H2,(H,13,18)(H,16,17). The average molecular weight is 300 g/mol. The molecule has 1 aromatic carbocycles. The predicted octanol–water partition coefficient (Wildman–Crippen LogP) is 1.45. The molecule has 0 atom stereocenters. The van der Waals surface area contributed by atoms with Gasteiger partial charge in [0.05, 0.1) is 12.3 Å². The average Bonchev–Trinajstić information content (AvgIpc) is 2.71. The number of aromatic nitrogens is 3. The van der Waals surface area contributed by atoms with Crippen LogP contribution in [0.4, 0.5) is 0 Å². The molecule has 0 aliphatic rings. The fraction of sp³-hybridized carbons (Fsp3) is 0.182. The number of carboxylic acids is 1. The molecule has 0 unspecified atom stereocenters. The SMILES string of the molecule is O=C(O)CSc1n[nH]c(=O)n1Cc1ccccc1Cl. The summed E-state index contributed by atoms with van der Waals surface area (Å²) in [6.07, 6.45) is 0. The van der Waals surface area contributed by atoms with Gasteiger partial charge in [-0.2, -0.15) is 0 Å². The van der Waals surface area contributed by atoms with Gasteiger partial charge in [-0.3, -0.25) is 9.36 Å². The van der Waals surface area contributed by atoms with E-state index < -0.39 is 11.7 Å². The zero-order valence-corrected chi connectivity index (χ0v) is 11.2. The molecule has 0 amide bonds. The quantitative estimate of drug-likeness (QED) is 0.816. The van der Waals surface area contributed by atoms with Crippen LogP contribution in [0.2, 0.25) is 5.02 Å². The van der Waals surface area contributed by atoms with Crippen molar-refractivity contribution >= 4 is 29.3 Å². The Morgan fingerprint density at radius 2 is 2.21 bits per heavy atom. The molecule has 19 heavy (non-hydrogen) atoms. The van der Waals surface area contributed by atoms with E-state index in [0.717, 1.165) is 17.3 Å². The maximum Gasteiger partial charge on any atom is 0.344 e. The van der Waals surface area contributed by atoms with Gasteiger partial charge in [0.15, 0.2) is 5.16 Å². The van der Waals surface area contributed by atoms with Crippen molar-refractivity contribution in [3.05, 3.63) is 45.3 Å². The fourth-order valence-electron chi connectivity index (χ4n) is 1.48. The highest BCUT2D eigenvalue weighted by Crippen LogP contribution is 2.18. The Hall–Kier alpha value is -1.73. The lowest BCUT2D eigenvalue weighted by atomic mass is 10.2. The third-order valence-electron chi connectivity index (χ3n) is 2.33. The van der Waals surface area contributed by atoms with Gasteiger partial charge in [-0.15, -0.1) is 5.10 Å². The summed E-state index contributed by atoms with van der Waals surface area (Å²) in [5.74, 6) is -1.13. The normalized spacial score (nSPS) is 10.6. The molecule has 0 spiro atoms. The maximum atomic E-state index is 11.6. The van der Waals surface area contributed by atoms with Gasteiger partial charge in [0, 0.05) is 5.02 Å². The topological polar surface area (TPSA) is 88.0 Å². The number of hydrogen-bond donors (Lipinski definition) is 2. The summed E-state index contributed by atoms with van der Waals surface area (Å²) in [4.78, 5) is 22.2. The molecule has 0 fully saturated rings. The number of nitrogens with one attached hydrogen (secondary N) is 1.